The summed E-state index contributed by atoms with van der Waals surface area (Å²) in [5.74, 6) is 0.0331. The van der Waals surface area contributed by atoms with Crippen LogP contribution in [0, 0.1) is 0 Å². The second-order valence-corrected chi connectivity index (χ2v) is 5.45. The summed E-state index contributed by atoms with van der Waals surface area (Å²) in [4.78, 5) is 11.7. The Bertz CT molecular complexity index is 378. The molecule has 0 aromatic heterocycles. The molecule has 1 amide bonds. The van der Waals surface area contributed by atoms with Gasteiger partial charge in [-0.2, -0.15) is 0 Å². The van der Waals surface area contributed by atoms with Crippen LogP contribution in [0.25, 0.3) is 0 Å². The molecule has 1 unspecified atom stereocenters. The minimum absolute atomic E-state index is 0.0318. The van der Waals surface area contributed by atoms with Crippen LogP contribution in [0.4, 0.5) is 0 Å². The number of amides is 1. The quantitative estimate of drug-likeness (QED) is 0.847. The van der Waals surface area contributed by atoms with Gasteiger partial charge in [-0.15, -0.1) is 0 Å². The van der Waals surface area contributed by atoms with Gasteiger partial charge in [0.05, 0.1) is 12.6 Å². The highest BCUT2D eigenvalue weighted by molar-refractivity contribution is 9.10. The number of carbonyl (C=O) groups excluding carboxylic acids is 1. The third kappa shape index (κ3) is 5.19. The van der Waals surface area contributed by atoms with Crippen LogP contribution in [0.3, 0.4) is 0 Å². The molecule has 2 N–H and O–H groups in total. The molecule has 0 heterocycles. The molecule has 1 aromatic rings. The van der Waals surface area contributed by atoms with Crippen molar-refractivity contribution in [2.75, 3.05) is 6.54 Å². The third-order valence-corrected chi connectivity index (χ3v) is 3.50. The van der Waals surface area contributed by atoms with E-state index in [1.54, 1.807) is 0 Å². The van der Waals surface area contributed by atoms with Crippen molar-refractivity contribution in [1.29, 1.82) is 0 Å². The summed E-state index contributed by atoms with van der Waals surface area (Å²) in [7, 11) is 0. The molecule has 0 saturated heterocycles. The lowest BCUT2D eigenvalue weighted by molar-refractivity contribution is -0.121. The summed E-state index contributed by atoms with van der Waals surface area (Å²) < 4.78 is 1.04. The van der Waals surface area contributed by atoms with E-state index >= 15 is 0 Å². The summed E-state index contributed by atoms with van der Waals surface area (Å²) in [6.07, 6.45) is 1.02. The second-order valence-electron chi connectivity index (χ2n) is 4.53. The maximum absolute atomic E-state index is 11.7. The van der Waals surface area contributed by atoms with Crippen molar-refractivity contribution in [3.8, 4) is 0 Å². The van der Waals surface area contributed by atoms with E-state index in [2.05, 4.69) is 40.4 Å². The van der Waals surface area contributed by atoms with Crippen LogP contribution in [0.5, 0.6) is 0 Å². The molecule has 3 nitrogen and oxygen atoms in total. The van der Waals surface area contributed by atoms with E-state index in [9.17, 15) is 4.79 Å². The SMILES string of the molecule is CCC(C)NCC(=O)N[C@H](C)c1ccc(Br)cc1. The van der Waals surface area contributed by atoms with Gasteiger partial charge in [0.15, 0.2) is 0 Å². The van der Waals surface area contributed by atoms with Crippen molar-refractivity contribution in [2.24, 2.45) is 0 Å². The zero-order chi connectivity index (χ0) is 13.5. The Labute approximate surface area is 117 Å². The molecule has 0 saturated carbocycles. The summed E-state index contributed by atoms with van der Waals surface area (Å²) in [5, 5.41) is 6.16. The number of halogens is 1. The predicted octanol–water partition coefficient (Wildman–Crippen LogP) is 3.01. The molecule has 1 aromatic carbocycles. The zero-order valence-corrected chi connectivity index (χ0v) is 12.8. The molecule has 0 fully saturated rings. The predicted molar refractivity (Wildman–Crippen MR) is 78.5 cm³/mol. The van der Waals surface area contributed by atoms with E-state index in [0.717, 1.165) is 16.5 Å². The Morgan fingerprint density at radius 2 is 1.89 bits per heavy atom. The molecule has 0 spiro atoms. The molecule has 100 valence electrons. The molecule has 0 bridgehead atoms. The highest BCUT2D eigenvalue weighted by atomic mass is 79.9. The van der Waals surface area contributed by atoms with E-state index in [-0.39, 0.29) is 11.9 Å². The van der Waals surface area contributed by atoms with Crippen molar-refractivity contribution in [2.45, 2.75) is 39.3 Å². The Hall–Kier alpha value is -0.870. The average molecular weight is 313 g/mol. The molecule has 0 aliphatic carbocycles. The number of nitrogens with one attached hydrogen (secondary N) is 2. The van der Waals surface area contributed by atoms with Crippen LogP contribution in [-0.4, -0.2) is 18.5 Å². The third-order valence-electron chi connectivity index (χ3n) is 2.97. The van der Waals surface area contributed by atoms with Gasteiger partial charge < -0.3 is 10.6 Å². The molecule has 1 rings (SSSR count). The lowest BCUT2D eigenvalue weighted by Crippen LogP contribution is -2.38. The van der Waals surface area contributed by atoms with E-state index in [1.165, 1.54) is 0 Å². The zero-order valence-electron chi connectivity index (χ0n) is 11.2. The topological polar surface area (TPSA) is 41.1 Å². The van der Waals surface area contributed by atoms with E-state index in [0.29, 0.717) is 12.6 Å². The van der Waals surface area contributed by atoms with Gasteiger partial charge in [0.1, 0.15) is 0 Å². The van der Waals surface area contributed by atoms with Gasteiger partial charge >= 0.3 is 0 Å². The maximum atomic E-state index is 11.7. The first-order chi connectivity index (χ1) is 8.52. The van der Waals surface area contributed by atoms with Gasteiger partial charge in [-0.05, 0) is 38.0 Å². The number of benzene rings is 1. The largest absolute Gasteiger partial charge is 0.348 e. The summed E-state index contributed by atoms with van der Waals surface area (Å²) in [5.41, 5.74) is 1.11. The van der Waals surface area contributed by atoms with Gasteiger partial charge in [-0.1, -0.05) is 35.0 Å². The second kappa shape index (κ2) is 7.54. The Balaban J connectivity index is 2.42. The summed E-state index contributed by atoms with van der Waals surface area (Å²) in [6.45, 7) is 6.53. The van der Waals surface area contributed by atoms with Gasteiger partial charge in [0.2, 0.25) is 5.91 Å². The fourth-order valence-corrected chi connectivity index (χ4v) is 1.80. The number of hydrogen-bond donors (Lipinski definition) is 2. The van der Waals surface area contributed by atoms with Crippen molar-refractivity contribution >= 4 is 21.8 Å². The van der Waals surface area contributed by atoms with E-state index < -0.39 is 0 Å². The minimum Gasteiger partial charge on any atom is -0.348 e. The number of hydrogen-bond acceptors (Lipinski definition) is 2. The Kier molecular flexibility index (Phi) is 6.36. The van der Waals surface area contributed by atoms with Crippen LogP contribution >= 0.6 is 15.9 Å². The van der Waals surface area contributed by atoms with Crippen LogP contribution in [0.15, 0.2) is 28.7 Å². The van der Waals surface area contributed by atoms with Gasteiger partial charge in [0, 0.05) is 10.5 Å². The molecule has 0 aliphatic rings. The van der Waals surface area contributed by atoms with E-state index in [1.807, 2.05) is 31.2 Å². The normalized spacial score (nSPS) is 14.0. The molecule has 0 aliphatic heterocycles. The maximum Gasteiger partial charge on any atom is 0.234 e. The van der Waals surface area contributed by atoms with Crippen LogP contribution in [0.1, 0.15) is 38.8 Å². The summed E-state index contributed by atoms with van der Waals surface area (Å²) in [6, 6.07) is 8.39. The number of carbonyl (C=O) groups is 1. The van der Waals surface area contributed by atoms with E-state index in [4.69, 9.17) is 0 Å². The molecular weight excluding hydrogens is 292 g/mol. The van der Waals surface area contributed by atoms with Crippen LogP contribution in [-0.2, 0) is 4.79 Å². The highest BCUT2D eigenvalue weighted by Crippen LogP contribution is 2.16. The van der Waals surface area contributed by atoms with Crippen molar-refractivity contribution in [3.63, 3.8) is 0 Å². The first-order valence-electron chi connectivity index (χ1n) is 6.31. The van der Waals surface area contributed by atoms with Crippen molar-refractivity contribution in [3.05, 3.63) is 34.3 Å². The van der Waals surface area contributed by atoms with Gasteiger partial charge in [-0.3, -0.25) is 4.79 Å². The first-order valence-corrected chi connectivity index (χ1v) is 7.10. The Morgan fingerprint density at radius 3 is 2.44 bits per heavy atom. The highest BCUT2D eigenvalue weighted by Gasteiger charge is 2.09. The molecule has 18 heavy (non-hydrogen) atoms. The van der Waals surface area contributed by atoms with Crippen molar-refractivity contribution in [1.82, 2.24) is 10.6 Å². The smallest absolute Gasteiger partial charge is 0.234 e. The first kappa shape index (κ1) is 15.2. The fraction of sp³-hybridized carbons (Fsp3) is 0.500. The molecule has 0 radical (unpaired) electrons. The molecule has 4 heteroatoms. The van der Waals surface area contributed by atoms with Gasteiger partial charge in [-0.25, -0.2) is 0 Å². The number of rotatable bonds is 6. The molecule has 2 atom stereocenters. The minimum atomic E-state index is 0.0318. The monoisotopic (exact) mass is 312 g/mol. The standard InChI is InChI=1S/C14H21BrN2O/c1-4-10(2)16-9-14(18)17-11(3)12-5-7-13(15)8-6-12/h5-8,10-11,16H,4,9H2,1-3H3,(H,17,18)/t10?,11-/m1/s1. The summed E-state index contributed by atoms with van der Waals surface area (Å²) >= 11 is 3.40. The van der Waals surface area contributed by atoms with Crippen LogP contribution in [0.2, 0.25) is 0 Å². The lowest BCUT2D eigenvalue weighted by Gasteiger charge is -2.16. The van der Waals surface area contributed by atoms with Crippen molar-refractivity contribution < 1.29 is 4.79 Å². The van der Waals surface area contributed by atoms with Gasteiger partial charge in [0.25, 0.3) is 0 Å². The van der Waals surface area contributed by atoms with Crippen LogP contribution < -0.4 is 10.6 Å². The average Bonchev–Trinajstić information content (AvgIpc) is 2.36. The molecular formula is C14H21BrN2O. The Morgan fingerprint density at radius 1 is 1.28 bits per heavy atom. The fourth-order valence-electron chi connectivity index (χ4n) is 1.54. The lowest BCUT2D eigenvalue weighted by atomic mass is 10.1.